The summed E-state index contributed by atoms with van der Waals surface area (Å²) in [5.41, 5.74) is 1.46. The van der Waals surface area contributed by atoms with Crippen molar-refractivity contribution in [1.29, 1.82) is 0 Å². The third kappa shape index (κ3) is 6.38. The second-order valence-corrected chi connectivity index (χ2v) is 8.73. The van der Waals surface area contributed by atoms with E-state index in [1.807, 2.05) is 31.2 Å². The first-order chi connectivity index (χ1) is 14.3. The second-order valence-electron chi connectivity index (χ2n) is 6.87. The first kappa shape index (κ1) is 23.5. The van der Waals surface area contributed by atoms with Crippen molar-refractivity contribution in [3.63, 3.8) is 0 Å². The van der Waals surface area contributed by atoms with Crippen LogP contribution < -0.4 is 19.1 Å². The fourth-order valence-electron chi connectivity index (χ4n) is 3.20. The molecule has 0 aliphatic carbocycles. The molecule has 0 saturated heterocycles. The number of hydrogen-bond donors (Lipinski definition) is 1. The first-order valence-corrected chi connectivity index (χ1v) is 11.7. The van der Waals surface area contributed by atoms with E-state index in [4.69, 9.17) is 9.47 Å². The molecule has 8 heteroatoms. The van der Waals surface area contributed by atoms with Crippen LogP contribution >= 0.6 is 0 Å². The molecule has 0 aromatic heterocycles. The number of carbonyl (C=O) groups excluding carboxylic acids is 1. The van der Waals surface area contributed by atoms with Crippen LogP contribution in [0, 0.1) is 0 Å². The third-order valence-electron chi connectivity index (χ3n) is 4.59. The molecule has 30 heavy (non-hydrogen) atoms. The van der Waals surface area contributed by atoms with Crippen LogP contribution in [0.1, 0.15) is 25.8 Å². The molecule has 2 rings (SSSR count). The van der Waals surface area contributed by atoms with Crippen molar-refractivity contribution < 1.29 is 22.7 Å². The van der Waals surface area contributed by atoms with Crippen LogP contribution in [0.2, 0.25) is 0 Å². The van der Waals surface area contributed by atoms with Crippen LogP contribution in [-0.4, -0.2) is 46.9 Å². The van der Waals surface area contributed by atoms with E-state index in [0.29, 0.717) is 31.0 Å². The Hall–Kier alpha value is -2.74. The summed E-state index contributed by atoms with van der Waals surface area (Å²) in [6, 6.07) is 13.5. The molecule has 1 amide bonds. The normalized spacial score (nSPS) is 12.1. The Morgan fingerprint density at radius 1 is 1.17 bits per heavy atom. The standard InChI is InChI=1S/C22H30N2O5S/c1-5-29-21-14-7-6-10-18(21)11-9-15-23-22(25)17(2)24(30(4,26)27)19-12-8-13-20(16-19)28-3/h6-8,10,12-14,16-17H,5,9,11,15H2,1-4H3,(H,23,25). The van der Waals surface area contributed by atoms with Crippen molar-refractivity contribution >= 4 is 21.6 Å². The Kier molecular flexibility index (Phi) is 8.53. The van der Waals surface area contributed by atoms with Crippen LogP contribution in [0.4, 0.5) is 5.69 Å². The molecule has 0 radical (unpaired) electrons. The van der Waals surface area contributed by atoms with E-state index < -0.39 is 16.1 Å². The lowest BCUT2D eigenvalue weighted by Gasteiger charge is -2.28. The molecule has 1 unspecified atom stereocenters. The molecular formula is C22H30N2O5S. The highest BCUT2D eigenvalue weighted by molar-refractivity contribution is 7.92. The molecule has 2 aromatic carbocycles. The molecule has 2 aromatic rings. The Bertz CT molecular complexity index is 946. The predicted octanol–water partition coefficient (Wildman–Crippen LogP) is 3.00. The maximum absolute atomic E-state index is 12.7. The van der Waals surface area contributed by atoms with E-state index >= 15 is 0 Å². The van der Waals surface area contributed by atoms with Crippen molar-refractivity contribution in [2.75, 3.05) is 30.8 Å². The number of carbonyl (C=O) groups is 1. The van der Waals surface area contributed by atoms with E-state index in [2.05, 4.69) is 5.32 Å². The number of benzene rings is 2. The zero-order valence-electron chi connectivity index (χ0n) is 17.9. The number of rotatable bonds is 11. The Morgan fingerprint density at radius 3 is 2.57 bits per heavy atom. The van der Waals surface area contributed by atoms with Crippen molar-refractivity contribution in [1.82, 2.24) is 5.32 Å². The summed E-state index contributed by atoms with van der Waals surface area (Å²) in [7, 11) is -2.17. The molecular weight excluding hydrogens is 404 g/mol. The zero-order chi connectivity index (χ0) is 22.1. The van der Waals surface area contributed by atoms with Crippen LogP contribution in [0.3, 0.4) is 0 Å². The van der Waals surface area contributed by atoms with E-state index in [-0.39, 0.29) is 5.91 Å². The van der Waals surface area contributed by atoms with Gasteiger partial charge in [-0.05, 0) is 50.5 Å². The van der Waals surface area contributed by atoms with Gasteiger partial charge in [-0.25, -0.2) is 8.42 Å². The SMILES string of the molecule is CCOc1ccccc1CCCNC(=O)C(C)N(c1cccc(OC)c1)S(C)(=O)=O. The van der Waals surface area contributed by atoms with Gasteiger partial charge >= 0.3 is 0 Å². The van der Waals surface area contributed by atoms with Gasteiger partial charge in [0.1, 0.15) is 17.5 Å². The van der Waals surface area contributed by atoms with Gasteiger partial charge in [0.15, 0.2) is 0 Å². The summed E-state index contributed by atoms with van der Waals surface area (Å²) in [4.78, 5) is 12.7. The van der Waals surface area contributed by atoms with Gasteiger partial charge in [0, 0.05) is 12.6 Å². The molecule has 0 heterocycles. The summed E-state index contributed by atoms with van der Waals surface area (Å²) in [5, 5.41) is 2.84. The van der Waals surface area contributed by atoms with Gasteiger partial charge in [-0.3, -0.25) is 9.10 Å². The van der Waals surface area contributed by atoms with Crippen molar-refractivity contribution in [3.8, 4) is 11.5 Å². The number of hydrogen-bond acceptors (Lipinski definition) is 5. The van der Waals surface area contributed by atoms with Gasteiger partial charge in [0.25, 0.3) is 0 Å². The largest absolute Gasteiger partial charge is 0.497 e. The van der Waals surface area contributed by atoms with E-state index in [0.717, 1.165) is 28.3 Å². The van der Waals surface area contributed by atoms with Gasteiger partial charge in [-0.1, -0.05) is 24.3 Å². The van der Waals surface area contributed by atoms with Crippen LogP contribution in [-0.2, 0) is 21.2 Å². The first-order valence-electron chi connectivity index (χ1n) is 9.89. The quantitative estimate of drug-likeness (QED) is 0.550. The van der Waals surface area contributed by atoms with Gasteiger partial charge in [-0.15, -0.1) is 0 Å². The third-order valence-corrected chi connectivity index (χ3v) is 5.83. The number of sulfonamides is 1. The highest BCUT2D eigenvalue weighted by atomic mass is 32.2. The highest BCUT2D eigenvalue weighted by Gasteiger charge is 2.29. The summed E-state index contributed by atoms with van der Waals surface area (Å²) in [5.74, 6) is 1.00. The average Bonchev–Trinajstić information content (AvgIpc) is 2.71. The molecule has 1 atom stereocenters. The molecule has 0 bridgehead atoms. The van der Waals surface area contributed by atoms with E-state index in [1.54, 1.807) is 31.2 Å². The fourth-order valence-corrected chi connectivity index (χ4v) is 4.37. The number of para-hydroxylation sites is 1. The van der Waals surface area contributed by atoms with Crippen LogP contribution in [0.15, 0.2) is 48.5 Å². The molecule has 7 nitrogen and oxygen atoms in total. The maximum Gasteiger partial charge on any atom is 0.243 e. The lowest BCUT2D eigenvalue weighted by atomic mass is 10.1. The number of methoxy groups -OCH3 is 1. The summed E-state index contributed by atoms with van der Waals surface area (Å²) >= 11 is 0. The number of aryl methyl sites for hydroxylation is 1. The molecule has 1 N–H and O–H groups in total. The lowest BCUT2D eigenvalue weighted by molar-refractivity contribution is -0.121. The minimum atomic E-state index is -3.67. The van der Waals surface area contributed by atoms with Crippen LogP contribution in [0.25, 0.3) is 0 Å². The summed E-state index contributed by atoms with van der Waals surface area (Å²) in [6.07, 6.45) is 2.54. The van der Waals surface area contributed by atoms with Gasteiger partial charge in [-0.2, -0.15) is 0 Å². The Balaban J connectivity index is 2.01. The predicted molar refractivity (Wildman–Crippen MR) is 119 cm³/mol. The van der Waals surface area contributed by atoms with Gasteiger partial charge in [0.05, 0.1) is 25.7 Å². The van der Waals surface area contributed by atoms with E-state index in [9.17, 15) is 13.2 Å². The number of nitrogens with zero attached hydrogens (tertiary/aromatic N) is 1. The number of ether oxygens (including phenoxy) is 2. The monoisotopic (exact) mass is 434 g/mol. The Labute approximate surface area is 179 Å². The second kappa shape index (κ2) is 10.9. The molecule has 0 fully saturated rings. The minimum absolute atomic E-state index is 0.360. The minimum Gasteiger partial charge on any atom is -0.497 e. The molecule has 164 valence electrons. The average molecular weight is 435 g/mol. The summed E-state index contributed by atoms with van der Waals surface area (Å²) < 4.78 is 36.7. The topological polar surface area (TPSA) is 84.9 Å². The Morgan fingerprint density at radius 2 is 1.90 bits per heavy atom. The fraction of sp³-hybridized carbons (Fsp3) is 0.409. The zero-order valence-corrected chi connectivity index (χ0v) is 18.7. The summed E-state index contributed by atoms with van der Waals surface area (Å²) in [6.45, 7) is 4.53. The van der Waals surface area contributed by atoms with Crippen molar-refractivity contribution in [2.45, 2.75) is 32.7 Å². The molecule has 0 aliphatic heterocycles. The van der Waals surface area contributed by atoms with Gasteiger partial charge < -0.3 is 14.8 Å². The maximum atomic E-state index is 12.7. The van der Waals surface area contributed by atoms with Crippen molar-refractivity contribution in [2.24, 2.45) is 0 Å². The number of amides is 1. The van der Waals surface area contributed by atoms with Gasteiger partial charge in [0.2, 0.25) is 15.9 Å². The highest BCUT2D eigenvalue weighted by Crippen LogP contribution is 2.25. The lowest BCUT2D eigenvalue weighted by Crippen LogP contribution is -2.48. The molecule has 0 saturated carbocycles. The molecule has 0 spiro atoms. The molecule has 0 aliphatic rings. The van der Waals surface area contributed by atoms with Crippen LogP contribution in [0.5, 0.6) is 11.5 Å². The smallest absolute Gasteiger partial charge is 0.243 e. The number of nitrogens with one attached hydrogen (secondary N) is 1. The number of anilines is 1. The van der Waals surface area contributed by atoms with E-state index in [1.165, 1.54) is 7.11 Å². The van der Waals surface area contributed by atoms with Crippen molar-refractivity contribution in [3.05, 3.63) is 54.1 Å².